The molecule has 0 bridgehead atoms. The molecule has 21 heavy (non-hydrogen) atoms. The molecule has 116 valence electrons. The molecule has 7 heteroatoms. The Morgan fingerprint density at radius 3 is 2.76 bits per heavy atom. The molecule has 0 radical (unpaired) electrons. The van der Waals surface area contributed by atoms with Gasteiger partial charge in [-0.3, -0.25) is 14.3 Å². The first-order valence-electron chi connectivity index (χ1n) is 7.44. The van der Waals surface area contributed by atoms with Gasteiger partial charge in [-0.2, -0.15) is 5.10 Å². The van der Waals surface area contributed by atoms with Gasteiger partial charge < -0.3 is 10.2 Å². The number of rotatable bonds is 6. The molecule has 7 nitrogen and oxygen atoms in total. The van der Waals surface area contributed by atoms with E-state index in [2.05, 4.69) is 15.4 Å². The van der Waals surface area contributed by atoms with Gasteiger partial charge in [0.05, 0.1) is 5.92 Å². The lowest BCUT2D eigenvalue weighted by Crippen LogP contribution is -2.33. The second-order valence-electron chi connectivity index (χ2n) is 5.41. The summed E-state index contributed by atoms with van der Waals surface area (Å²) in [5, 5.41) is 7.18. The molecule has 2 amide bonds. The van der Waals surface area contributed by atoms with Crippen LogP contribution in [0.4, 0.5) is 0 Å². The van der Waals surface area contributed by atoms with Crippen molar-refractivity contribution < 1.29 is 9.59 Å². The zero-order valence-corrected chi connectivity index (χ0v) is 12.9. The number of nitrogens with zero attached hydrogens (tertiary/aromatic N) is 4. The Morgan fingerprint density at radius 2 is 2.19 bits per heavy atom. The topological polar surface area (TPSA) is 80.1 Å². The Balaban J connectivity index is 1.70. The highest BCUT2D eigenvalue weighted by molar-refractivity contribution is 5.89. The van der Waals surface area contributed by atoms with Crippen molar-refractivity contribution in [2.75, 3.05) is 19.6 Å². The molecule has 0 aromatic carbocycles. The van der Waals surface area contributed by atoms with E-state index in [9.17, 15) is 9.59 Å². The van der Waals surface area contributed by atoms with E-state index in [1.54, 1.807) is 4.90 Å². The quantitative estimate of drug-likeness (QED) is 0.763. The van der Waals surface area contributed by atoms with Crippen LogP contribution < -0.4 is 5.32 Å². The molecular formula is C14H23N5O2. The summed E-state index contributed by atoms with van der Waals surface area (Å²) in [7, 11) is 0. The third kappa shape index (κ3) is 3.80. The minimum Gasteiger partial charge on any atom is -0.356 e. The number of hydrogen-bond donors (Lipinski definition) is 1. The summed E-state index contributed by atoms with van der Waals surface area (Å²) in [6.07, 6.45) is 1.13. The predicted octanol–water partition coefficient (Wildman–Crippen LogP) is 0.270. The Kier molecular flexibility index (Phi) is 4.93. The molecule has 0 spiro atoms. The average molecular weight is 293 g/mol. The lowest BCUT2D eigenvalue weighted by Gasteiger charge is -2.13. The standard InChI is InChI=1S/C14H23N5O2/c1-4-18-9-12(8-13(18)20)14(21)15-6-5-7-19-11(3)16-10(2)17-19/h12H,4-9H2,1-3H3,(H,15,21)/t12-/m1/s1. The summed E-state index contributed by atoms with van der Waals surface area (Å²) < 4.78 is 1.85. The van der Waals surface area contributed by atoms with Crippen LogP contribution in [0.15, 0.2) is 0 Å². The van der Waals surface area contributed by atoms with E-state index in [1.807, 2.05) is 25.5 Å². The van der Waals surface area contributed by atoms with Crippen LogP contribution >= 0.6 is 0 Å². The van der Waals surface area contributed by atoms with Gasteiger partial charge in [0.2, 0.25) is 11.8 Å². The van der Waals surface area contributed by atoms with Gasteiger partial charge in [0.1, 0.15) is 11.6 Å². The van der Waals surface area contributed by atoms with Crippen LogP contribution in [0.5, 0.6) is 0 Å². The number of carbonyl (C=O) groups is 2. The van der Waals surface area contributed by atoms with E-state index < -0.39 is 0 Å². The summed E-state index contributed by atoms with van der Waals surface area (Å²) in [4.78, 5) is 29.6. The van der Waals surface area contributed by atoms with Gasteiger partial charge >= 0.3 is 0 Å². The van der Waals surface area contributed by atoms with E-state index in [1.165, 1.54) is 0 Å². The maximum Gasteiger partial charge on any atom is 0.225 e. The van der Waals surface area contributed by atoms with Gasteiger partial charge in [0.15, 0.2) is 0 Å². The Morgan fingerprint density at radius 1 is 1.43 bits per heavy atom. The molecule has 0 aliphatic carbocycles. The SMILES string of the molecule is CCN1C[C@H](C(=O)NCCCn2nc(C)nc2C)CC1=O. The van der Waals surface area contributed by atoms with Gasteiger partial charge in [-0.25, -0.2) is 4.98 Å². The number of aromatic nitrogens is 3. The van der Waals surface area contributed by atoms with Crippen LogP contribution in [0, 0.1) is 19.8 Å². The first kappa shape index (κ1) is 15.5. The fourth-order valence-corrected chi connectivity index (χ4v) is 2.61. The zero-order valence-electron chi connectivity index (χ0n) is 12.9. The molecule has 0 saturated carbocycles. The molecule has 1 aliphatic rings. The van der Waals surface area contributed by atoms with Crippen molar-refractivity contribution in [3.05, 3.63) is 11.6 Å². The average Bonchev–Trinajstić information content (AvgIpc) is 2.97. The van der Waals surface area contributed by atoms with E-state index in [0.717, 1.165) is 24.6 Å². The highest BCUT2D eigenvalue weighted by Gasteiger charge is 2.32. The van der Waals surface area contributed by atoms with Crippen LogP contribution in [0.2, 0.25) is 0 Å². The van der Waals surface area contributed by atoms with E-state index in [-0.39, 0.29) is 17.7 Å². The summed E-state index contributed by atoms with van der Waals surface area (Å²) in [5.41, 5.74) is 0. The van der Waals surface area contributed by atoms with E-state index in [4.69, 9.17) is 0 Å². The van der Waals surface area contributed by atoms with Crippen molar-refractivity contribution >= 4 is 11.8 Å². The number of aryl methyl sites for hydroxylation is 3. The lowest BCUT2D eigenvalue weighted by molar-refractivity contribution is -0.128. The highest BCUT2D eigenvalue weighted by Crippen LogP contribution is 2.17. The first-order valence-corrected chi connectivity index (χ1v) is 7.44. The van der Waals surface area contributed by atoms with Gasteiger partial charge in [-0.05, 0) is 27.2 Å². The summed E-state index contributed by atoms with van der Waals surface area (Å²) in [5.74, 6) is 1.50. The summed E-state index contributed by atoms with van der Waals surface area (Å²) >= 11 is 0. The Hall–Kier alpha value is -1.92. The third-order valence-electron chi connectivity index (χ3n) is 3.78. The number of carbonyl (C=O) groups excluding carboxylic acids is 2. The third-order valence-corrected chi connectivity index (χ3v) is 3.78. The number of likely N-dealkylation sites (tertiary alicyclic amines) is 1. The summed E-state index contributed by atoms with van der Waals surface area (Å²) in [6, 6.07) is 0. The molecule has 1 fully saturated rings. The van der Waals surface area contributed by atoms with E-state index in [0.29, 0.717) is 26.1 Å². The van der Waals surface area contributed by atoms with Crippen LogP contribution in [-0.2, 0) is 16.1 Å². The van der Waals surface area contributed by atoms with Gasteiger partial charge in [0, 0.05) is 32.6 Å². The van der Waals surface area contributed by atoms with Gasteiger partial charge in [-0.15, -0.1) is 0 Å². The molecule has 1 atom stereocenters. The van der Waals surface area contributed by atoms with Crippen LogP contribution in [-0.4, -0.2) is 51.1 Å². The molecule has 1 aromatic rings. The van der Waals surface area contributed by atoms with Crippen molar-refractivity contribution in [2.24, 2.45) is 5.92 Å². The monoisotopic (exact) mass is 293 g/mol. The minimum atomic E-state index is -0.201. The van der Waals surface area contributed by atoms with Crippen molar-refractivity contribution in [3.63, 3.8) is 0 Å². The summed E-state index contributed by atoms with van der Waals surface area (Å²) in [6.45, 7) is 8.26. The molecule has 0 unspecified atom stereocenters. The fourth-order valence-electron chi connectivity index (χ4n) is 2.61. The Labute approximate surface area is 124 Å². The van der Waals surface area contributed by atoms with Gasteiger partial charge in [0.25, 0.3) is 0 Å². The molecule has 1 N–H and O–H groups in total. The highest BCUT2D eigenvalue weighted by atomic mass is 16.2. The number of nitrogens with one attached hydrogen (secondary N) is 1. The second-order valence-corrected chi connectivity index (χ2v) is 5.41. The Bertz CT molecular complexity index is 525. The molecule has 2 heterocycles. The normalized spacial score (nSPS) is 18.3. The first-order chi connectivity index (χ1) is 10.0. The maximum absolute atomic E-state index is 12.0. The van der Waals surface area contributed by atoms with Crippen molar-refractivity contribution in [2.45, 2.75) is 40.2 Å². The van der Waals surface area contributed by atoms with Crippen molar-refractivity contribution in [3.8, 4) is 0 Å². The smallest absolute Gasteiger partial charge is 0.225 e. The van der Waals surface area contributed by atoms with Crippen LogP contribution in [0.25, 0.3) is 0 Å². The number of hydrogen-bond acceptors (Lipinski definition) is 4. The van der Waals surface area contributed by atoms with Gasteiger partial charge in [-0.1, -0.05) is 0 Å². The molecular weight excluding hydrogens is 270 g/mol. The molecule has 2 rings (SSSR count). The molecule has 1 saturated heterocycles. The van der Waals surface area contributed by atoms with E-state index >= 15 is 0 Å². The molecule has 1 aromatic heterocycles. The lowest BCUT2D eigenvalue weighted by atomic mass is 10.1. The molecule has 1 aliphatic heterocycles. The fraction of sp³-hybridized carbons (Fsp3) is 0.714. The zero-order chi connectivity index (χ0) is 15.4. The second kappa shape index (κ2) is 6.69. The largest absolute Gasteiger partial charge is 0.356 e. The van der Waals surface area contributed by atoms with Crippen LogP contribution in [0.1, 0.15) is 31.4 Å². The maximum atomic E-state index is 12.0. The number of amides is 2. The van der Waals surface area contributed by atoms with Crippen molar-refractivity contribution in [1.29, 1.82) is 0 Å². The van der Waals surface area contributed by atoms with Crippen LogP contribution in [0.3, 0.4) is 0 Å². The van der Waals surface area contributed by atoms with Crippen molar-refractivity contribution in [1.82, 2.24) is 25.0 Å². The minimum absolute atomic E-state index is 0.0224. The predicted molar refractivity (Wildman–Crippen MR) is 77.5 cm³/mol.